The van der Waals surface area contributed by atoms with E-state index in [1.165, 1.54) is 5.56 Å². The number of fused-ring (bicyclic) bond motifs is 1. The second-order valence-electron chi connectivity index (χ2n) is 5.24. The number of carbonyl (C=O) groups is 1. The Balaban J connectivity index is 2.06. The van der Waals surface area contributed by atoms with Crippen molar-refractivity contribution in [3.05, 3.63) is 28.8 Å². The van der Waals surface area contributed by atoms with Gasteiger partial charge < -0.3 is 10.1 Å². The number of benzene rings is 1. The first-order valence-electron chi connectivity index (χ1n) is 6.14. The minimum absolute atomic E-state index is 0.220. The molecule has 2 aliphatic heterocycles. The van der Waals surface area contributed by atoms with E-state index in [1.807, 2.05) is 19.1 Å². The molecule has 3 rings (SSSR count). The lowest BCUT2D eigenvalue weighted by molar-refractivity contribution is 0.0528. The van der Waals surface area contributed by atoms with Crippen LogP contribution in [0.3, 0.4) is 0 Å². The van der Waals surface area contributed by atoms with Crippen LogP contribution in [0.15, 0.2) is 12.1 Å². The molecule has 0 aliphatic carbocycles. The topological polar surface area (TPSA) is 38.3 Å². The fraction of sp³-hybridized carbons (Fsp3) is 0.500. The van der Waals surface area contributed by atoms with Gasteiger partial charge in [-0.2, -0.15) is 0 Å². The van der Waals surface area contributed by atoms with Crippen LogP contribution < -0.4 is 10.1 Å². The second kappa shape index (κ2) is 3.57. The maximum atomic E-state index is 12.2. The van der Waals surface area contributed by atoms with Crippen molar-refractivity contribution < 1.29 is 9.53 Å². The van der Waals surface area contributed by atoms with E-state index in [1.54, 1.807) is 0 Å². The maximum absolute atomic E-state index is 12.2. The summed E-state index contributed by atoms with van der Waals surface area (Å²) < 4.78 is 6.10. The maximum Gasteiger partial charge on any atom is 0.170 e. The molecule has 1 aromatic rings. The highest BCUT2D eigenvalue weighted by Crippen LogP contribution is 2.37. The number of hydrogen-bond acceptors (Lipinski definition) is 3. The van der Waals surface area contributed by atoms with E-state index in [-0.39, 0.29) is 11.4 Å². The summed E-state index contributed by atoms with van der Waals surface area (Å²) in [5, 5.41) is 3.28. The van der Waals surface area contributed by atoms with Gasteiger partial charge in [0, 0.05) is 13.0 Å². The number of ether oxygens (including phenoxy) is 1. The summed E-state index contributed by atoms with van der Waals surface area (Å²) in [6.07, 6.45) is 1.43. The molecule has 1 atom stereocenters. The summed E-state index contributed by atoms with van der Waals surface area (Å²) in [7, 11) is 0. The van der Waals surface area contributed by atoms with Gasteiger partial charge in [0.15, 0.2) is 5.78 Å². The highest BCUT2D eigenvalue weighted by molar-refractivity contribution is 6.00. The van der Waals surface area contributed by atoms with E-state index in [4.69, 9.17) is 4.74 Å². The molecule has 0 aromatic heterocycles. The van der Waals surface area contributed by atoms with Gasteiger partial charge >= 0.3 is 0 Å². The summed E-state index contributed by atoms with van der Waals surface area (Å²) in [6, 6.07) is 3.96. The van der Waals surface area contributed by atoms with Crippen molar-refractivity contribution in [2.45, 2.75) is 32.3 Å². The van der Waals surface area contributed by atoms with Crippen molar-refractivity contribution in [2.24, 2.45) is 0 Å². The van der Waals surface area contributed by atoms with Gasteiger partial charge in [-0.05, 0) is 43.7 Å². The normalized spacial score (nSPS) is 27.1. The van der Waals surface area contributed by atoms with Crippen LogP contribution in [0.25, 0.3) is 0 Å². The number of Topliss-reactive ketones (excluding diaryl/α,β-unsaturated/α-hetero) is 1. The Morgan fingerprint density at radius 2 is 2.06 bits per heavy atom. The van der Waals surface area contributed by atoms with Crippen LogP contribution in [-0.4, -0.2) is 24.5 Å². The number of ketones is 1. The Morgan fingerprint density at radius 1 is 1.29 bits per heavy atom. The Hall–Kier alpha value is -1.35. The summed E-state index contributed by atoms with van der Waals surface area (Å²) in [6.45, 7) is 5.81. The van der Waals surface area contributed by atoms with Gasteiger partial charge in [0.05, 0.1) is 12.0 Å². The second-order valence-corrected chi connectivity index (χ2v) is 5.24. The van der Waals surface area contributed by atoms with Crippen molar-refractivity contribution in [3.63, 3.8) is 0 Å². The lowest BCUT2D eigenvalue weighted by Crippen LogP contribution is -2.43. The fourth-order valence-corrected chi connectivity index (χ4v) is 2.71. The summed E-state index contributed by atoms with van der Waals surface area (Å²) >= 11 is 0. The molecule has 1 fully saturated rings. The zero-order chi connectivity index (χ0) is 12.0. The van der Waals surface area contributed by atoms with Crippen molar-refractivity contribution in [2.75, 3.05) is 13.1 Å². The third-order valence-electron chi connectivity index (χ3n) is 3.91. The molecule has 3 heteroatoms. The van der Waals surface area contributed by atoms with E-state index >= 15 is 0 Å². The average molecular weight is 231 g/mol. The van der Waals surface area contributed by atoms with E-state index in [0.717, 1.165) is 36.4 Å². The van der Waals surface area contributed by atoms with Gasteiger partial charge in [-0.1, -0.05) is 0 Å². The molecule has 0 radical (unpaired) electrons. The number of nitrogens with one attached hydrogen (secondary N) is 1. The Morgan fingerprint density at radius 3 is 2.76 bits per heavy atom. The quantitative estimate of drug-likeness (QED) is 0.742. The van der Waals surface area contributed by atoms with E-state index in [0.29, 0.717) is 6.42 Å². The van der Waals surface area contributed by atoms with Crippen LogP contribution in [0.2, 0.25) is 0 Å². The molecule has 0 saturated carbocycles. The van der Waals surface area contributed by atoms with E-state index in [9.17, 15) is 4.79 Å². The molecule has 0 amide bonds. The van der Waals surface area contributed by atoms with Gasteiger partial charge in [0.2, 0.25) is 0 Å². The zero-order valence-corrected chi connectivity index (χ0v) is 10.3. The summed E-state index contributed by atoms with van der Waals surface area (Å²) in [5.41, 5.74) is 2.80. The average Bonchev–Trinajstić information content (AvgIpc) is 2.70. The largest absolute Gasteiger partial charge is 0.485 e. The van der Waals surface area contributed by atoms with E-state index in [2.05, 4.69) is 12.2 Å². The molecule has 3 nitrogen and oxygen atoms in total. The Kier molecular flexibility index (Phi) is 2.26. The first-order valence-corrected chi connectivity index (χ1v) is 6.14. The van der Waals surface area contributed by atoms with Crippen LogP contribution in [0, 0.1) is 13.8 Å². The van der Waals surface area contributed by atoms with Crippen molar-refractivity contribution in [1.82, 2.24) is 5.32 Å². The van der Waals surface area contributed by atoms with E-state index < -0.39 is 0 Å². The number of hydrogen-bond donors (Lipinski definition) is 1. The van der Waals surface area contributed by atoms with Gasteiger partial charge in [-0.3, -0.25) is 4.79 Å². The SMILES string of the molecule is Cc1cc2c(cc1C)C(=O)CC1(CCNC1)O2. The third-order valence-corrected chi connectivity index (χ3v) is 3.91. The monoisotopic (exact) mass is 231 g/mol. The predicted octanol–water partition coefficient (Wildman–Crippen LogP) is 2.00. The summed E-state index contributed by atoms with van der Waals surface area (Å²) in [4.78, 5) is 12.2. The highest BCUT2D eigenvalue weighted by Gasteiger charge is 2.42. The molecule has 1 aromatic carbocycles. The first-order chi connectivity index (χ1) is 8.10. The first kappa shape index (κ1) is 10.8. The summed E-state index contributed by atoms with van der Waals surface area (Å²) in [5.74, 6) is 0.992. The molecule has 1 unspecified atom stereocenters. The minimum Gasteiger partial charge on any atom is -0.485 e. The third kappa shape index (κ3) is 1.65. The van der Waals surface area contributed by atoms with Gasteiger partial charge in [0.1, 0.15) is 11.4 Å². The molecule has 17 heavy (non-hydrogen) atoms. The molecule has 2 heterocycles. The number of aryl methyl sites for hydroxylation is 2. The molecule has 90 valence electrons. The van der Waals surface area contributed by atoms with Crippen molar-refractivity contribution in [1.29, 1.82) is 0 Å². The lowest BCUT2D eigenvalue weighted by atomic mass is 9.88. The fourth-order valence-electron chi connectivity index (χ4n) is 2.71. The van der Waals surface area contributed by atoms with Gasteiger partial charge in [0.25, 0.3) is 0 Å². The van der Waals surface area contributed by atoms with Gasteiger partial charge in [-0.15, -0.1) is 0 Å². The van der Waals surface area contributed by atoms with Crippen molar-refractivity contribution >= 4 is 5.78 Å². The van der Waals surface area contributed by atoms with Crippen LogP contribution >= 0.6 is 0 Å². The van der Waals surface area contributed by atoms with Gasteiger partial charge in [-0.25, -0.2) is 0 Å². The zero-order valence-electron chi connectivity index (χ0n) is 10.3. The number of carbonyl (C=O) groups excluding carboxylic acids is 1. The molecular weight excluding hydrogens is 214 g/mol. The Bertz CT molecular complexity index is 487. The van der Waals surface area contributed by atoms with Crippen LogP contribution in [0.5, 0.6) is 5.75 Å². The molecule has 1 spiro atoms. The minimum atomic E-state index is -0.286. The Labute approximate surface area is 101 Å². The highest BCUT2D eigenvalue weighted by atomic mass is 16.5. The predicted molar refractivity (Wildman–Crippen MR) is 65.7 cm³/mol. The van der Waals surface area contributed by atoms with Crippen LogP contribution in [-0.2, 0) is 0 Å². The van der Waals surface area contributed by atoms with Crippen molar-refractivity contribution in [3.8, 4) is 5.75 Å². The van der Waals surface area contributed by atoms with Crippen LogP contribution in [0.4, 0.5) is 0 Å². The molecular formula is C14H17NO2. The lowest BCUT2D eigenvalue weighted by Gasteiger charge is -2.34. The molecule has 2 aliphatic rings. The molecule has 0 bridgehead atoms. The molecule has 1 N–H and O–H groups in total. The molecule has 1 saturated heterocycles. The van der Waals surface area contributed by atoms with Crippen LogP contribution in [0.1, 0.15) is 34.3 Å². The smallest absolute Gasteiger partial charge is 0.170 e. The standard InChI is InChI=1S/C14H17NO2/c1-9-5-11-12(16)7-14(3-4-15-8-14)17-13(11)6-10(9)2/h5-6,15H,3-4,7-8H2,1-2H3. The number of rotatable bonds is 0.